The molecule has 1 amide bonds. The summed E-state index contributed by atoms with van der Waals surface area (Å²) in [5.41, 5.74) is 2.36. The molecule has 0 radical (unpaired) electrons. The van der Waals surface area contributed by atoms with Gasteiger partial charge in [0.1, 0.15) is 10.8 Å². The molecule has 0 fully saturated rings. The van der Waals surface area contributed by atoms with E-state index in [0.29, 0.717) is 20.8 Å². The number of halogens is 1. The van der Waals surface area contributed by atoms with Crippen molar-refractivity contribution in [2.45, 2.75) is 17.9 Å². The van der Waals surface area contributed by atoms with Crippen LogP contribution < -0.4 is 14.4 Å². The second kappa shape index (κ2) is 9.29. The Morgan fingerprint density at radius 3 is 2.51 bits per heavy atom. The van der Waals surface area contributed by atoms with E-state index in [0.717, 1.165) is 11.1 Å². The number of hydrogen-bond donors (Lipinski definition) is 1. The van der Waals surface area contributed by atoms with E-state index in [1.54, 1.807) is 24.3 Å². The van der Waals surface area contributed by atoms with Gasteiger partial charge in [-0.25, -0.2) is 8.42 Å². The van der Waals surface area contributed by atoms with Gasteiger partial charge in [-0.1, -0.05) is 64.9 Å². The molecule has 0 saturated heterocycles. The lowest BCUT2D eigenvalue weighted by atomic mass is 10.2. The number of sulfonamides is 1. The summed E-state index contributed by atoms with van der Waals surface area (Å²) in [7, 11) is -3.98. The van der Waals surface area contributed by atoms with Crippen molar-refractivity contribution in [3.05, 3.63) is 83.4 Å². The highest BCUT2D eigenvalue weighted by molar-refractivity contribution is 7.92. The Bertz CT molecular complexity index is 1490. The number of amides is 1. The molecule has 1 aliphatic heterocycles. The first kappa shape index (κ1) is 23.3. The lowest BCUT2D eigenvalue weighted by molar-refractivity contribution is -0.122. The molecule has 2 heterocycles. The maximum absolute atomic E-state index is 13.4. The number of aryl methyl sites for hydroxylation is 1. The van der Waals surface area contributed by atoms with Gasteiger partial charge in [0.25, 0.3) is 15.9 Å². The summed E-state index contributed by atoms with van der Waals surface area (Å²) in [6.45, 7) is 1.78. The van der Waals surface area contributed by atoms with Crippen LogP contribution in [-0.4, -0.2) is 37.2 Å². The van der Waals surface area contributed by atoms with Crippen LogP contribution in [0.2, 0.25) is 5.02 Å². The molecule has 3 aromatic carbocycles. The molecule has 1 atom stereocenters. The van der Waals surface area contributed by atoms with Crippen LogP contribution in [0.5, 0.6) is 5.75 Å². The Labute approximate surface area is 211 Å². The third-order valence-corrected chi connectivity index (χ3v) is 8.32. The summed E-state index contributed by atoms with van der Waals surface area (Å²) in [5, 5.41) is 12.3. The molecule has 0 unspecified atom stereocenters. The normalized spacial score (nSPS) is 15.3. The maximum atomic E-state index is 13.4. The van der Waals surface area contributed by atoms with Gasteiger partial charge in [-0.15, -0.1) is 10.2 Å². The van der Waals surface area contributed by atoms with Gasteiger partial charge >= 0.3 is 0 Å². The number of hydrogen-bond acceptors (Lipinski definition) is 7. The third kappa shape index (κ3) is 4.72. The van der Waals surface area contributed by atoms with Crippen LogP contribution in [0.25, 0.3) is 10.6 Å². The molecule has 8 nitrogen and oxygen atoms in total. The maximum Gasteiger partial charge on any atom is 0.269 e. The number of carbonyl (C=O) groups excluding carboxylic acids is 1. The van der Waals surface area contributed by atoms with Gasteiger partial charge in [0.2, 0.25) is 5.13 Å². The largest absolute Gasteiger partial charge is 0.476 e. The number of fused-ring (bicyclic) bond motifs is 1. The van der Waals surface area contributed by atoms with Crippen molar-refractivity contribution in [2.24, 2.45) is 0 Å². The predicted molar refractivity (Wildman–Crippen MR) is 136 cm³/mol. The van der Waals surface area contributed by atoms with E-state index in [-0.39, 0.29) is 17.2 Å². The highest BCUT2D eigenvalue weighted by Gasteiger charge is 2.37. The summed E-state index contributed by atoms with van der Waals surface area (Å²) in [5.74, 6) is -0.239. The SMILES string of the molecule is Cc1ccc(-c2nnc(NC(=O)[C@@H]3CN(S(=O)(=O)c4ccc(Cl)cc4)c4ccccc4O3)s2)cc1. The minimum atomic E-state index is -3.98. The van der Waals surface area contributed by atoms with Gasteiger partial charge in [0, 0.05) is 10.6 Å². The zero-order chi connectivity index (χ0) is 24.6. The zero-order valence-corrected chi connectivity index (χ0v) is 20.8. The number of nitrogens with one attached hydrogen (secondary N) is 1. The molecular formula is C24H19ClN4O4S2. The lowest BCUT2D eigenvalue weighted by Crippen LogP contribution is -2.48. The van der Waals surface area contributed by atoms with Crippen molar-refractivity contribution >= 4 is 49.7 Å². The fraction of sp³-hybridized carbons (Fsp3) is 0.125. The molecule has 0 saturated carbocycles. The highest BCUT2D eigenvalue weighted by atomic mass is 35.5. The Hall–Kier alpha value is -3.47. The van der Waals surface area contributed by atoms with Crippen LogP contribution in [0.1, 0.15) is 5.56 Å². The number of carbonyl (C=O) groups is 1. The molecule has 11 heteroatoms. The first-order valence-corrected chi connectivity index (χ1v) is 13.2. The summed E-state index contributed by atoms with van der Waals surface area (Å²) in [4.78, 5) is 13.1. The summed E-state index contributed by atoms with van der Waals surface area (Å²) in [6.07, 6.45) is -1.10. The molecule has 35 heavy (non-hydrogen) atoms. The van der Waals surface area contributed by atoms with E-state index in [1.807, 2.05) is 31.2 Å². The van der Waals surface area contributed by atoms with Crippen LogP contribution in [0, 0.1) is 6.92 Å². The standard InChI is InChI=1S/C24H19ClN4O4S2/c1-15-6-8-16(9-7-15)23-27-28-24(34-23)26-22(30)21-14-29(19-4-2-3-5-20(19)33-21)35(31,32)18-12-10-17(25)11-13-18/h2-13,21H,14H2,1H3,(H,26,28,30)/t21-/m0/s1. The van der Waals surface area contributed by atoms with E-state index in [9.17, 15) is 13.2 Å². The Kier molecular flexibility index (Phi) is 6.18. The Morgan fingerprint density at radius 1 is 1.06 bits per heavy atom. The minimum Gasteiger partial charge on any atom is -0.476 e. The predicted octanol–water partition coefficient (Wildman–Crippen LogP) is 4.76. The summed E-state index contributed by atoms with van der Waals surface area (Å²) in [6, 6.07) is 20.4. The molecule has 0 bridgehead atoms. The molecule has 5 rings (SSSR count). The molecule has 1 aliphatic rings. The van der Waals surface area contributed by atoms with Crippen molar-refractivity contribution in [3.63, 3.8) is 0 Å². The van der Waals surface area contributed by atoms with Crippen molar-refractivity contribution in [3.8, 4) is 16.3 Å². The Morgan fingerprint density at radius 2 is 1.77 bits per heavy atom. The second-order valence-corrected chi connectivity index (χ2v) is 11.1. The Balaban J connectivity index is 1.40. The first-order valence-electron chi connectivity index (χ1n) is 10.6. The van der Waals surface area contributed by atoms with E-state index < -0.39 is 22.0 Å². The van der Waals surface area contributed by atoms with Crippen molar-refractivity contribution in [1.29, 1.82) is 0 Å². The quantitative estimate of drug-likeness (QED) is 0.402. The van der Waals surface area contributed by atoms with Gasteiger partial charge in [-0.2, -0.15) is 0 Å². The van der Waals surface area contributed by atoms with Crippen LogP contribution in [0.4, 0.5) is 10.8 Å². The third-order valence-electron chi connectivity index (χ3n) is 5.38. The second-order valence-electron chi connectivity index (χ2n) is 7.83. The van der Waals surface area contributed by atoms with Crippen molar-refractivity contribution in [1.82, 2.24) is 10.2 Å². The molecule has 1 N–H and O–H groups in total. The van der Waals surface area contributed by atoms with E-state index in [4.69, 9.17) is 16.3 Å². The fourth-order valence-corrected chi connectivity index (χ4v) is 5.93. The van der Waals surface area contributed by atoms with Gasteiger partial charge in [0.05, 0.1) is 17.1 Å². The fourth-order valence-electron chi connectivity index (χ4n) is 3.57. The van der Waals surface area contributed by atoms with Gasteiger partial charge in [-0.05, 0) is 43.3 Å². The minimum absolute atomic E-state index is 0.0598. The van der Waals surface area contributed by atoms with Crippen LogP contribution in [0.3, 0.4) is 0 Å². The molecule has 178 valence electrons. The van der Waals surface area contributed by atoms with Crippen LogP contribution in [0.15, 0.2) is 77.7 Å². The van der Waals surface area contributed by atoms with Crippen LogP contribution in [-0.2, 0) is 14.8 Å². The summed E-state index contributed by atoms with van der Waals surface area (Å²) >= 11 is 7.15. The zero-order valence-electron chi connectivity index (χ0n) is 18.4. The number of para-hydroxylation sites is 2. The number of aromatic nitrogens is 2. The number of ether oxygens (including phenoxy) is 1. The highest BCUT2D eigenvalue weighted by Crippen LogP contribution is 2.37. The molecule has 1 aromatic heterocycles. The molecule has 4 aromatic rings. The van der Waals surface area contributed by atoms with Gasteiger partial charge in [-0.3, -0.25) is 14.4 Å². The first-order chi connectivity index (χ1) is 16.8. The number of rotatable bonds is 5. The molecular weight excluding hydrogens is 508 g/mol. The summed E-state index contributed by atoms with van der Waals surface area (Å²) < 4.78 is 33.9. The smallest absolute Gasteiger partial charge is 0.269 e. The number of benzene rings is 3. The van der Waals surface area contributed by atoms with Gasteiger partial charge < -0.3 is 4.74 Å². The molecule has 0 spiro atoms. The van der Waals surface area contributed by atoms with Gasteiger partial charge in [0.15, 0.2) is 6.10 Å². The topological polar surface area (TPSA) is 101 Å². The van der Waals surface area contributed by atoms with E-state index in [2.05, 4.69) is 15.5 Å². The lowest BCUT2D eigenvalue weighted by Gasteiger charge is -2.34. The van der Waals surface area contributed by atoms with Crippen molar-refractivity contribution in [2.75, 3.05) is 16.2 Å². The average Bonchev–Trinajstić information content (AvgIpc) is 3.32. The molecule has 0 aliphatic carbocycles. The van der Waals surface area contributed by atoms with E-state index >= 15 is 0 Å². The monoisotopic (exact) mass is 526 g/mol. The van der Waals surface area contributed by atoms with Crippen LogP contribution >= 0.6 is 22.9 Å². The van der Waals surface area contributed by atoms with E-state index in [1.165, 1.54) is 39.9 Å². The number of anilines is 2. The average molecular weight is 527 g/mol. The van der Waals surface area contributed by atoms with Crippen molar-refractivity contribution < 1.29 is 17.9 Å². The number of nitrogens with zero attached hydrogens (tertiary/aromatic N) is 3.